The number of para-hydroxylation sites is 1. The van der Waals surface area contributed by atoms with Gasteiger partial charge in [0.05, 0.1) is 22.5 Å². The topological polar surface area (TPSA) is 60.8 Å². The van der Waals surface area contributed by atoms with Crippen molar-refractivity contribution >= 4 is 11.0 Å². The molecule has 140 valence electrons. The lowest BCUT2D eigenvalue weighted by Gasteiger charge is -2.09. The molecule has 0 N–H and O–H groups in total. The van der Waals surface area contributed by atoms with Crippen LogP contribution in [0.1, 0.15) is 11.3 Å². The lowest BCUT2D eigenvalue weighted by atomic mass is 10.1. The number of nitrogens with zero attached hydrogens (tertiary/aromatic N) is 4. The first-order chi connectivity index (χ1) is 13.4. The Hall–Kier alpha value is -3.55. The van der Waals surface area contributed by atoms with E-state index in [4.69, 9.17) is 4.74 Å². The molecule has 0 spiro atoms. The van der Waals surface area contributed by atoms with Crippen molar-refractivity contribution < 1.29 is 17.9 Å². The second-order valence-corrected chi connectivity index (χ2v) is 6.05. The molecule has 0 atom stereocenters. The lowest BCUT2D eigenvalue weighted by Crippen LogP contribution is -2.04. The number of aryl methyl sites for hydroxylation is 1. The van der Waals surface area contributed by atoms with Crippen molar-refractivity contribution in [3.05, 3.63) is 72.3 Å². The summed E-state index contributed by atoms with van der Waals surface area (Å²) in [6.07, 6.45) is -1.45. The van der Waals surface area contributed by atoms with Crippen molar-refractivity contribution in [1.29, 1.82) is 0 Å². The molecule has 0 amide bonds. The van der Waals surface area contributed by atoms with Gasteiger partial charge < -0.3 is 4.74 Å². The smallest absolute Gasteiger partial charge is 0.416 e. The normalized spacial score (nSPS) is 11.6. The SMILES string of the molecule is Cc1cnc2c(Oc3cc(-c4ccc(C(F)(F)F)cc4)ncn3)cccc2n1. The van der Waals surface area contributed by atoms with Crippen LogP contribution < -0.4 is 4.74 Å². The highest BCUT2D eigenvalue weighted by atomic mass is 19.4. The third-order valence-electron chi connectivity index (χ3n) is 4.02. The summed E-state index contributed by atoms with van der Waals surface area (Å²) in [6.45, 7) is 1.85. The third-order valence-corrected chi connectivity index (χ3v) is 4.02. The van der Waals surface area contributed by atoms with Gasteiger partial charge in [-0.1, -0.05) is 18.2 Å². The molecule has 28 heavy (non-hydrogen) atoms. The highest BCUT2D eigenvalue weighted by molar-refractivity contribution is 5.81. The highest BCUT2D eigenvalue weighted by Crippen LogP contribution is 2.32. The van der Waals surface area contributed by atoms with Crippen LogP contribution in [0.25, 0.3) is 22.3 Å². The van der Waals surface area contributed by atoms with E-state index in [0.29, 0.717) is 28.0 Å². The minimum atomic E-state index is -4.38. The number of aromatic nitrogens is 4. The van der Waals surface area contributed by atoms with Gasteiger partial charge in [-0.3, -0.25) is 0 Å². The predicted molar refractivity (Wildman–Crippen MR) is 96.8 cm³/mol. The zero-order chi connectivity index (χ0) is 19.7. The Labute approximate surface area is 157 Å². The molecule has 0 unspecified atom stereocenters. The molecule has 0 aliphatic rings. The number of fused-ring (bicyclic) bond motifs is 1. The maximum absolute atomic E-state index is 12.7. The van der Waals surface area contributed by atoms with Crippen molar-refractivity contribution in [2.45, 2.75) is 13.1 Å². The van der Waals surface area contributed by atoms with E-state index in [0.717, 1.165) is 17.8 Å². The molecule has 0 aliphatic carbocycles. The fourth-order valence-electron chi connectivity index (χ4n) is 2.69. The molecule has 0 saturated carbocycles. The van der Waals surface area contributed by atoms with Crippen LogP contribution >= 0.6 is 0 Å². The molecule has 4 aromatic rings. The van der Waals surface area contributed by atoms with Gasteiger partial charge in [0, 0.05) is 17.8 Å². The molecule has 2 heterocycles. The molecule has 0 bridgehead atoms. The van der Waals surface area contributed by atoms with E-state index in [9.17, 15) is 13.2 Å². The number of rotatable bonds is 3. The Morgan fingerprint density at radius 2 is 1.71 bits per heavy atom. The summed E-state index contributed by atoms with van der Waals surface area (Å²) in [4.78, 5) is 17.0. The molecule has 0 aliphatic heterocycles. The molecular formula is C20H13F3N4O. The molecular weight excluding hydrogens is 369 g/mol. The van der Waals surface area contributed by atoms with Gasteiger partial charge in [-0.25, -0.2) is 19.9 Å². The van der Waals surface area contributed by atoms with Crippen LogP contribution in [0.4, 0.5) is 13.2 Å². The van der Waals surface area contributed by atoms with Crippen molar-refractivity contribution in [2.24, 2.45) is 0 Å². The second-order valence-electron chi connectivity index (χ2n) is 6.05. The molecule has 5 nitrogen and oxygen atoms in total. The first kappa shape index (κ1) is 17.8. The standard InChI is InChI=1S/C20H13F3N4O/c1-12-10-24-19-15(27-12)3-2-4-17(19)28-18-9-16(25-11-26-18)13-5-7-14(8-6-13)20(21,22)23/h2-11H,1H3. The van der Waals surface area contributed by atoms with Crippen LogP contribution in [0.15, 0.2) is 61.1 Å². The van der Waals surface area contributed by atoms with Crippen molar-refractivity contribution in [3.8, 4) is 22.9 Å². The summed E-state index contributed by atoms with van der Waals surface area (Å²) in [5.74, 6) is 0.724. The van der Waals surface area contributed by atoms with Crippen LogP contribution in [0, 0.1) is 6.92 Å². The van der Waals surface area contributed by atoms with Crippen molar-refractivity contribution in [3.63, 3.8) is 0 Å². The quantitative estimate of drug-likeness (QED) is 0.487. The van der Waals surface area contributed by atoms with E-state index in [2.05, 4.69) is 19.9 Å². The van der Waals surface area contributed by atoms with Gasteiger partial charge in [-0.2, -0.15) is 13.2 Å². The Balaban J connectivity index is 1.65. The minimum Gasteiger partial charge on any atom is -0.437 e. The van der Waals surface area contributed by atoms with Gasteiger partial charge in [0.1, 0.15) is 11.8 Å². The zero-order valence-corrected chi connectivity index (χ0v) is 14.6. The number of alkyl halides is 3. The maximum atomic E-state index is 12.7. The van der Waals surface area contributed by atoms with E-state index in [1.165, 1.54) is 18.5 Å². The zero-order valence-electron chi connectivity index (χ0n) is 14.6. The molecule has 0 saturated heterocycles. The monoisotopic (exact) mass is 382 g/mol. The molecule has 8 heteroatoms. The minimum absolute atomic E-state index is 0.250. The summed E-state index contributed by atoms with van der Waals surface area (Å²) in [7, 11) is 0. The van der Waals surface area contributed by atoms with E-state index < -0.39 is 11.7 Å². The predicted octanol–water partition coefficient (Wildman–Crippen LogP) is 5.21. The maximum Gasteiger partial charge on any atom is 0.416 e. The van der Waals surface area contributed by atoms with Gasteiger partial charge in [-0.05, 0) is 31.2 Å². The van der Waals surface area contributed by atoms with Gasteiger partial charge in [-0.15, -0.1) is 0 Å². The van der Waals surface area contributed by atoms with Gasteiger partial charge in [0.2, 0.25) is 5.88 Å². The van der Waals surface area contributed by atoms with Crippen LogP contribution in [0.3, 0.4) is 0 Å². The second kappa shape index (κ2) is 6.88. The largest absolute Gasteiger partial charge is 0.437 e. The van der Waals surface area contributed by atoms with Crippen LogP contribution in [0.2, 0.25) is 0 Å². The number of hydrogen-bond acceptors (Lipinski definition) is 5. The van der Waals surface area contributed by atoms with E-state index in [1.54, 1.807) is 24.4 Å². The highest BCUT2D eigenvalue weighted by Gasteiger charge is 2.30. The Bertz CT molecular complexity index is 1140. The van der Waals surface area contributed by atoms with Gasteiger partial charge >= 0.3 is 6.18 Å². The molecule has 2 aromatic heterocycles. The van der Waals surface area contributed by atoms with Crippen LogP contribution in [-0.2, 0) is 6.18 Å². The molecule has 2 aromatic carbocycles. The summed E-state index contributed by atoms with van der Waals surface area (Å²) in [5.41, 5.74) is 2.31. The van der Waals surface area contributed by atoms with Crippen molar-refractivity contribution in [1.82, 2.24) is 19.9 Å². The summed E-state index contributed by atoms with van der Waals surface area (Å²) in [5, 5.41) is 0. The molecule has 4 rings (SSSR count). The van der Waals surface area contributed by atoms with E-state index >= 15 is 0 Å². The van der Waals surface area contributed by atoms with Gasteiger partial charge in [0.25, 0.3) is 0 Å². The first-order valence-electron chi connectivity index (χ1n) is 8.30. The average molecular weight is 382 g/mol. The average Bonchev–Trinajstić information content (AvgIpc) is 2.68. The lowest BCUT2D eigenvalue weighted by molar-refractivity contribution is -0.137. The molecule has 0 radical (unpaired) electrons. The molecule has 0 fully saturated rings. The summed E-state index contributed by atoms with van der Waals surface area (Å²) < 4.78 is 44.0. The summed E-state index contributed by atoms with van der Waals surface area (Å²) in [6, 6.07) is 11.7. The van der Waals surface area contributed by atoms with Gasteiger partial charge in [0.15, 0.2) is 5.75 Å². The number of hydrogen-bond donors (Lipinski definition) is 0. The third kappa shape index (κ3) is 3.62. The number of benzene rings is 2. The fourth-order valence-corrected chi connectivity index (χ4v) is 2.69. The first-order valence-corrected chi connectivity index (χ1v) is 8.30. The Kier molecular flexibility index (Phi) is 4.38. The number of ether oxygens (including phenoxy) is 1. The Morgan fingerprint density at radius 3 is 2.46 bits per heavy atom. The Morgan fingerprint density at radius 1 is 0.929 bits per heavy atom. The summed E-state index contributed by atoms with van der Waals surface area (Å²) >= 11 is 0. The number of halogens is 3. The van der Waals surface area contributed by atoms with Crippen molar-refractivity contribution in [2.75, 3.05) is 0 Å². The van der Waals surface area contributed by atoms with E-state index in [1.807, 2.05) is 13.0 Å². The van der Waals surface area contributed by atoms with Crippen LogP contribution in [-0.4, -0.2) is 19.9 Å². The van der Waals surface area contributed by atoms with Crippen LogP contribution in [0.5, 0.6) is 11.6 Å². The fraction of sp³-hybridized carbons (Fsp3) is 0.100. The van der Waals surface area contributed by atoms with E-state index in [-0.39, 0.29) is 5.88 Å².